The van der Waals surface area contributed by atoms with Gasteiger partial charge in [0.15, 0.2) is 0 Å². The van der Waals surface area contributed by atoms with Gasteiger partial charge in [-0.2, -0.15) is 0 Å². The molecule has 1 saturated heterocycles. The Morgan fingerprint density at radius 1 is 1.19 bits per heavy atom. The Hall–Kier alpha value is -1.09. The van der Waals surface area contributed by atoms with Gasteiger partial charge >= 0.3 is 0 Å². The summed E-state index contributed by atoms with van der Waals surface area (Å²) in [6.45, 7) is 2.07. The molecule has 0 amide bonds. The number of rotatable bonds is 1. The molecule has 0 bridgehead atoms. The Kier molecular flexibility index (Phi) is 2.56. The molecule has 3 heteroatoms. The lowest BCUT2D eigenvalue weighted by molar-refractivity contribution is 0.404. The minimum atomic E-state index is -0.151. The fraction of sp³-hybridized carbons (Fsp3) is 0.538. The summed E-state index contributed by atoms with van der Waals surface area (Å²) in [5.41, 5.74) is 1.17. The zero-order chi connectivity index (χ0) is 11.0. The number of hydrogen-bond donors (Lipinski definition) is 1. The number of nitrogens with zero attached hydrogens (tertiary/aromatic N) is 1. The number of nitrogens with one attached hydrogen (secondary N) is 1. The molecule has 0 spiro atoms. The first-order valence-electron chi connectivity index (χ1n) is 6.10. The van der Waals surface area contributed by atoms with Gasteiger partial charge in [-0.05, 0) is 43.5 Å². The smallest absolute Gasteiger partial charge is 0.123 e. The summed E-state index contributed by atoms with van der Waals surface area (Å²) in [7, 11) is 0. The van der Waals surface area contributed by atoms with Gasteiger partial charge in [0.2, 0.25) is 0 Å². The Labute approximate surface area is 95.4 Å². The first-order chi connectivity index (χ1) is 7.84. The van der Waals surface area contributed by atoms with Crippen molar-refractivity contribution in [3.05, 3.63) is 30.1 Å². The van der Waals surface area contributed by atoms with Crippen molar-refractivity contribution in [2.75, 3.05) is 18.0 Å². The molecule has 2 unspecified atom stereocenters. The largest absolute Gasteiger partial charge is 0.366 e. The van der Waals surface area contributed by atoms with Crippen LogP contribution in [0.3, 0.4) is 0 Å². The molecule has 3 rings (SSSR count). The predicted octanol–water partition coefficient (Wildman–Crippen LogP) is 2.16. The van der Waals surface area contributed by atoms with Crippen molar-refractivity contribution in [2.24, 2.45) is 0 Å². The summed E-state index contributed by atoms with van der Waals surface area (Å²) in [4.78, 5) is 2.44. The van der Waals surface area contributed by atoms with Crippen LogP contribution >= 0.6 is 0 Å². The molecule has 1 heterocycles. The lowest BCUT2D eigenvalue weighted by atomic mass is 10.1. The second-order valence-electron chi connectivity index (χ2n) is 4.73. The van der Waals surface area contributed by atoms with E-state index in [1.165, 1.54) is 24.9 Å². The van der Waals surface area contributed by atoms with E-state index in [0.717, 1.165) is 13.1 Å². The molecule has 1 aromatic rings. The average Bonchev–Trinajstić information content (AvgIpc) is 2.78. The molecule has 1 saturated carbocycles. The molecule has 2 atom stereocenters. The molecule has 86 valence electrons. The van der Waals surface area contributed by atoms with Crippen molar-refractivity contribution in [3.63, 3.8) is 0 Å². The predicted molar refractivity (Wildman–Crippen MR) is 63.2 cm³/mol. The van der Waals surface area contributed by atoms with E-state index in [1.807, 2.05) is 12.1 Å². The van der Waals surface area contributed by atoms with Crippen molar-refractivity contribution in [3.8, 4) is 0 Å². The number of anilines is 1. The standard InChI is InChI=1S/C13H17FN2/c14-10-4-6-11(7-5-10)16-9-8-15-12-2-1-3-13(12)16/h4-7,12-13,15H,1-3,8-9H2. The van der Waals surface area contributed by atoms with Gasteiger partial charge in [-0.3, -0.25) is 0 Å². The number of halogens is 1. The van der Waals surface area contributed by atoms with E-state index in [1.54, 1.807) is 12.1 Å². The second-order valence-corrected chi connectivity index (χ2v) is 4.73. The molecule has 1 aliphatic carbocycles. The average molecular weight is 220 g/mol. The van der Waals surface area contributed by atoms with Crippen LogP contribution in [-0.2, 0) is 0 Å². The molecule has 1 aromatic carbocycles. The fourth-order valence-corrected chi connectivity index (χ4v) is 3.04. The van der Waals surface area contributed by atoms with E-state index in [0.29, 0.717) is 12.1 Å². The maximum atomic E-state index is 12.9. The first-order valence-corrected chi connectivity index (χ1v) is 6.10. The van der Waals surface area contributed by atoms with Gasteiger partial charge in [0.1, 0.15) is 5.82 Å². The maximum absolute atomic E-state index is 12.9. The van der Waals surface area contributed by atoms with Crippen molar-refractivity contribution < 1.29 is 4.39 Å². The Bertz CT molecular complexity index is 363. The quantitative estimate of drug-likeness (QED) is 0.780. The molecule has 2 fully saturated rings. The van der Waals surface area contributed by atoms with Crippen LogP contribution in [0.4, 0.5) is 10.1 Å². The van der Waals surface area contributed by atoms with Crippen LogP contribution < -0.4 is 10.2 Å². The van der Waals surface area contributed by atoms with Crippen LogP contribution in [0.15, 0.2) is 24.3 Å². The third-order valence-electron chi connectivity index (χ3n) is 3.80. The summed E-state index contributed by atoms with van der Waals surface area (Å²) in [5, 5.41) is 3.58. The number of hydrogen-bond acceptors (Lipinski definition) is 2. The van der Waals surface area contributed by atoms with Gasteiger partial charge in [-0.1, -0.05) is 0 Å². The monoisotopic (exact) mass is 220 g/mol. The van der Waals surface area contributed by atoms with Crippen LogP contribution in [-0.4, -0.2) is 25.2 Å². The highest BCUT2D eigenvalue weighted by Crippen LogP contribution is 2.30. The van der Waals surface area contributed by atoms with E-state index in [2.05, 4.69) is 10.2 Å². The highest BCUT2D eigenvalue weighted by Gasteiger charge is 2.34. The maximum Gasteiger partial charge on any atom is 0.123 e. The third-order valence-corrected chi connectivity index (χ3v) is 3.80. The second kappa shape index (κ2) is 4.06. The Balaban J connectivity index is 1.85. The fourth-order valence-electron chi connectivity index (χ4n) is 3.04. The summed E-state index contributed by atoms with van der Waals surface area (Å²) in [6, 6.07) is 8.16. The van der Waals surface area contributed by atoms with Crippen LogP contribution in [0, 0.1) is 5.82 Å². The summed E-state index contributed by atoms with van der Waals surface area (Å²) < 4.78 is 12.9. The van der Waals surface area contributed by atoms with Crippen molar-refractivity contribution in [1.29, 1.82) is 0 Å². The number of benzene rings is 1. The Morgan fingerprint density at radius 2 is 2.00 bits per heavy atom. The highest BCUT2D eigenvalue weighted by atomic mass is 19.1. The summed E-state index contributed by atoms with van der Waals surface area (Å²) in [5.74, 6) is -0.151. The van der Waals surface area contributed by atoms with E-state index < -0.39 is 0 Å². The SMILES string of the molecule is Fc1ccc(N2CCNC3CCCC32)cc1. The molecule has 0 aromatic heterocycles. The van der Waals surface area contributed by atoms with E-state index in [9.17, 15) is 4.39 Å². The topological polar surface area (TPSA) is 15.3 Å². The number of piperazine rings is 1. The van der Waals surface area contributed by atoms with Gasteiger partial charge in [-0.15, -0.1) is 0 Å². The van der Waals surface area contributed by atoms with Gasteiger partial charge < -0.3 is 10.2 Å². The summed E-state index contributed by atoms with van der Waals surface area (Å²) >= 11 is 0. The zero-order valence-corrected chi connectivity index (χ0v) is 9.32. The molecular formula is C13H17FN2. The molecule has 2 nitrogen and oxygen atoms in total. The Morgan fingerprint density at radius 3 is 2.81 bits per heavy atom. The van der Waals surface area contributed by atoms with Crippen molar-refractivity contribution in [1.82, 2.24) is 5.32 Å². The third kappa shape index (κ3) is 1.69. The van der Waals surface area contributed by atoms with Crippen LogP contribution in [0.1, 0.15) is 19.3 Å². The summed E-state index contributed by atoms with van der Waals surface area (Å²) in [6.07, 6.45) is 3.84. The van der Waals surface area contributed by atoms with Gasteiger partial charge in [0, 0.05) is 30.9 Å². The zero-order valence-electron chi connectivity index (χ0n) is 9.32. The van der Waals surface area contributed by atoms with Crippen LogP contribution in [0.5, 0.6) is 0 Å². The normalized spacial score (nSPS) is 29.2. The van der Waals surface area contributed by atoms with E-state index >= 15 is 0 Å². The first kappa shape index (κ1) is 10.1. The van der Waals surface area contributed by atoms with Crippen molar-refractivity contribution in [2.45, 2.75) is 31.3 Å². The van der Waals surface area contributed by atoms with E-state index in [-0.39, 0.29) is 5.82 Å². The van der Waals surface area contributed by atoms with Gasteiger partial charge in [-0.25, -0.2) is 4.39 Å². The van der Waals surface area contributed by atoms with Crippen molar-refractivity contribution >= 4 is 5.69 Å². The molecular weight excluding hydrogens is 203 g/mol. The molecule has 0 radical (unpaired) electrons. The lowest BCUT2D eigenvalue weighted by Crippen LogP contribution is -2.55. The molecule has 1 N–H and O–H groups in total. The molecule has 2 aliphatic rings. The molecule has 1 aliphatic heterocycles. The molecule has 16 heavy (non-hydrogen) atoms. The van der Waals surface area contributed by atoms with Crippen LogP contribution in [0.2, 0.25) is 0 Å². The lowest BCUT2D eigenvalue weighted by Gasteiger charge is -2.40. The van der Waals surface area contributed by atoms with Crippen LogP contribution in [0.25, 0.3) is 0 Å². The minimum Gasteiger partial charge on any atom is -0.366 e. The minimum absolute atomic E-state index is 0.151. The van der Waals surface area contributed by atoms with Gasteiger partial charge in [0.25, 0.3) is 0 Å². The van der Waals surface area contributed by atoms with E-state index in [4.69, 9.17) is 0 Å². The number of fused-ring (bicyclic) bond motifs is 1. The van der Waals surface area contributed by atoms with Gasteiger partial charge in [0.05, 0.1) is 0 Å². The highest BCUT2D eigenvalue weighted by molar-refractivity contribution is 5.48.